The zero-order valence-electron chi connectivity index (χ0n) is 13.9. The number of carbonyl (C=O) groups excluding carboxylic acids is 1. The number of aryl methyl sites for hydroxylation is 1. The fourth-order valence-electron chi connectivity index (χ4n) is 2.43. The second-order valence-electron chi connectivity index (χ2n) is 5.34. The van der Waals surface area contributed by atoms with Crippen LogP contribution in [0.3, 0.4) is 0 Å². The smallest absolute Gasteiger partial charge is 0.250 e. The molecule has 0 fully saturated rings. The number of imidazole rings is 1. The summed E-state index contributed by atoms with van der Waals surface area (Å²) in [6.07, 6.45) is 1.44. The quantitative estimate of drug-likeness (QED) is 0.369. The number of hydrazone groups is 1. The lowest BCUT2D eigenvalue weighted by molar-refractivity contribution is -0.118. The molecule has 0 aliphatic rings. The van der Waals surface area contributed by atoms with E-state index in [0.717, 1.165) is 22.7 Å². The van der Waals surface area contributed by atoms with Gasteiger partial charge in [0.1, 0.15) is 0 Å². The van der Waals surface area contributed by atoms with E-state index in [1.807, 2.05) is 24.3 Å². The summed E-state index contributed by atoms with van der Waals surface area (Å²) in [7, 11) is 0. The number of hydrogen-bond donors (Lipinski definition) is 1. The highest BCUT2D eigenvalue weighted by atomic mass is 35.5. The summed E-state index contributed by atoms with van der Waals surface area (Å²) in [6, 6.07) is 13.1. The minimum Gasteiger partial charge on any atom is -0.319 e. The summed E-state index contributed by atoms with van der Waals surface area (Å²) in [4.78, 5) is 16.6. The summed E-state index contributed by atoms with van der Waals surface area (Å²) >= 11 is 13.5. The Hall–Kier alpha value is -2.02. The van der Waals surface area contributed by atoms with E-state index in [9.17, 15) is 4.79 Å². The van der Waals surface area contributed by atoms with Gasteiger partial charge in [-0.05, 0) is 31.2 Å². The van der Waals surface area contributed by atoms with Crippen LogP contribution in [0.25, 0.3) is 11.0 Å². The summed E-state index contributed by atoms with van der Waals surface area (Å²) < 4.78 is 2.08. The second-order valence-corrected chi connectivity index (χ2v) is 7.10. The fraction of sp³-hybridized carbons (Fsp3) is 0.167. The van der Waals surface area contributed by atoms with E-state index < -0.39 is 0 Å². The van der Waals surface area contributed by atoms with E-state index >= 15 is 0 Å². The number of halogens is 2. The molecular formula is C18H16Cl2N4OS. The molecule has 0 spiro atoms. The monoisotopic (exact) mass is 406 g/mol. The van der Waals surface area contributed by atoms with Gasteiger partial charge in [0.05, 0.1) is 33.0 Å². The van der Waals surface area contributed by atoms with Crippen molar-refractivity contribution in [2.24, 2.45) is 5.10 Å². The SMILES string of the molecule is CCn1c(SCC(=O)NN=Cc2c(Cl)cccc2Cl)nc2ccccc21. The predicted octanol–water partition coefficient (Wildman–Crippen LogP) is 4.61. The van der Waals surface area contributed by atoms with E-state index in [0.29, 0.717) is 15.6 Å². The third kappa shape index (κ3) is 4.20. The molecule has 1 amide bonds. The number of benzene rings is 2. The number of carbonyl (C=O) groups is 1. The number of aromatic nitrogens is 2. The Bertz CT molecular complexity index is 951. The molecule has 0 saturated heterocycles. The molecule has 0 aliphatic heterocycles. The maximum Gasteiger partial charge on any atom is 0.250 e. The van der Waals surface area contributed by atoms with Crippen LogP contribution in [0.1, 0.15) is 12.5 Å². The van der Waals surface area contributed by atoms with Gasteiger partial charge in [0.25, 0.3) is 5.91 Å². The lowest BCUT2D eigenvalue weighted by Crippen LogP contribution is -2.20. The molecule has 0 atom stereocenters. The molecule has 0 bridgehead atoms. The molecule has 1 aromatic heterocycles. The van der Waals surface area contributed by atoms with Gasteiger partial charge in [-0.25, -0.2) is 10.4 Å². The fourth-order valence-corrected chi connectivity index (χ4v) is 3.80. The molecule has 8 heteroatoms. The van der Waals surface area contributed by atoms with Gasteiger partial charge in [0.15, 0.2) is 5.16 Å². The van der Waals surface area contributed by atoms with E-state index in [4.69, 9.17) is 23.2 Å². The Morgan fingerprint density at radius 3 is 2.69 bits per heavy atom. The first-order valence-electron chi connectivity index (χ1n) is 7.94. The topological polar surface area (TPSA) is 59.3 Å². The molecule has 134 valence electrons. The summed E-state index contributed by atoms with van der Waals surface area (Å²) in [6.45, 7) is 2.84. The maximum atomic E-state index is 12.0. The zero-order valence-corrected chi connectivity index (χ0v) is 16.3. The normalized spacial score (nSPS) is 11.3. The van der Waals surface area contributed by atoms with Gasteiger partial charge in [-0.2, -0.15) is 5.10 Å². The van der Waals surface area contributed by atoms with Crippen LogP contribution < -0.4 is 5.43 Å². The molecule has 3 rings (SSSR count). The first-order chi connectivity index (χ1) is 12.6. The lowest BCUT2D eigenvalue weighted by Gasteiger charge is -2.05. The molecule has 5 nitrogen and oxygen atoms in total. The molecule has 1 heterocycles. The number of rotatable bonds is 6. The van der Waals surface area contributed by atoms with Crippen LogP contribution >= 0.6 is 35.0 Å². The lowest BCUT2D eigenvalue weighted by atomic mass is 10.2. The van der Waals surface area contributed by atoms with Crippen LogP contribution in [0.4, 0.5) is 0 Å². The standard InChI is InChI=1S/C18H16Cl2N4OS/c1-2-24-16-9-4-3-8-15(16)22-18(24)26-11-17(25)23-21-10-12-13(19)6-5-7-14(12)20/h3-10H,2,11H2,1H3,(H,23,25). The highest BCUT2D eigenvalue weighted by molar-refractivity contribution is 7.99. The molecule has 2 aromatic carbocycles. The summed E-state index contributed by atoms with van der Waals surface area (Å²) in [5, 5.41) is 5.68. The molecule has 26 heavy (non-hydrogen) atoms. The third-order valence-electron chi connectivity index (χ3n) is 3.65. The molecular weight excluding hydrogens is 391 g/mol. The molecule has 0 radical (unpaired) electrons. The van der Waals surface area contributed by atoms with E-state index in [1.165, 1.54) is 18.0 Å². The first-order valence-corrected chi connectivity index (χ1v) is 9.68. The highest BCUT2D eigenvalue weighted by Crippen LogP contribution is 2.24. The van der Waals surface area contributed by atoms with Gasteiger partial charge in [-0.15, -0.1) is 0 Å². The van der Waals surface area contributed by atoms with Crippen molar-refractivity contribution in [2.75, 3.05) is 5.75 Å². The van der Waals surface area contributed by atoms with Crippen LogP contribution in [0.15, 0.2) is 52.7 Å². The van der Waals surface area contributed by atoms with Gasteiger partial charge in [-0.3, -0.25) is 4.79 Å². The van der Waals surface area contributed by atoms with Gasteiger partial charge in [0, 0.05) is 12.1 Å². The van der Waals surface area contributed by atoms with Gasteiger partial charge in [0.2, 0.25) is 0 Å². The van der Waals surface area contributed by atoms with Crippen molar-refractivity contribution in [3.05, 3.63) is 58.1 Å². The van der Waals surface area contributed by atoms with Crippen molar-refractivity contribution in [3.8, 4) is 0 Å². The van der Waals surface area contributed by atoms with Gasteiger partial charge >= 0.3 is 0 Å². The Morgan fingerprint density at radius 2 is 1.96 bits per heavy atom. The van der Waals surface area contributed by atoms with Crippen LogP contribution in [0.2, 0.25) is 10.0 Å². The Morgan fingerprint density at radius 1 is 1.23 bits per heavy atom. The first kappa shape index (κ1) is 18.8. The zero-order chi connectivity index (χ0) is 18.5. The van der Waals surface area contributed by atoms with Crippen molar-refractivity contribution in [1.29, 1.82) is 0 Å². The third-order valence-corrected chi connectivity index (χ3v) is 5.29. The number of hydrogen-bond acceptors (Lipinski definition) is 4. The van der Waals surface area contributed by atoms with Crippen LogP contribution in [0.5, 0.6) is 0 Å². The second kappa shape index (κ2) is 8.58. The van der Waals surface area contributed by atoms with Crippen LogP contribution in [0, 0.1) is 0 Å². The number of thioether (sulfide) groups is 1. The van der Waals surface area contributed by atoms with Gasteiger partial charge in [-0.1, -0.05) is 53.2 Å². The Balaban J connectivity index is 1.62. The number of amides is 1. The van der Waals surface area contributed by atoms with Crippen LogP contribution in [-0.2, 0) is 11.3 Å². The van der Waals surface area contributed by atoms with Crippen molar-refractivity contribution >= 4 is 58.1 Å². The molecule has 0 unspecified atom stereocenters. The summed E-state index contributed by atoms with van der Waals surface area (Å²) in [5.74, 6) is -0.0270. The van der Waals surface area contributed by atoms with Crippen molar-refractivity contribution < 1.29 is 4.79 Å². The molecule has 0 aliphatic carbocycles. The number of nitrogens with zero attached hydrogens (tertiary/aromatic N) is 3. The molecule has 3 aromatic rings. The molecule has 1 N–H and O–H groups in total. The number of fused-ring (bicyclic) bond motifs is 1. The minimum absolute atomic E-state index is 0.205. The average Bonchev–Trinajstić information content (AvgIpc) is 3.00. The van der Waals surface area contributed by atoms with Crippen molar-refractivity contribution in [1.82, 2.24) is 15.0 Å². The number of nitrogens with one attached hydrogen (secondary N) is 1. The van der Waals surface area contributed by atoms with Crippen molar-refractivity contribution in [2.45, 2.75) is 18.6 Å². The predicted molar refractivity (Wildman–Crippen MR) is 108 cm³/mol. The van der Waals surface area contributed by atoms with Crippen molar-refractivity contribution in [3.63, 3.8) is 0 Å². The van der Waals surface area contributed by atoms with Gasteiger partial charge < -0.3 is 4.57 Å². The molecule has 0 saturated carbocycles. The number of para-hydroxylation sites is 2. The Labute approximate surface area is 165 Å². The van der Waals surface area contributed by atoms with E-state index in [2.05, 4.69) is 27.0 Å². The maximum absolute atomic E-state index is 12.0. The highest BCUT2D eigenvalue weighted by Gasteiger charge is 2.11. The minimum atomic E-state index is -0.232. The van der Waals surface area contributed by atoms with E-state index in [-0.39, 0.29) is 11.7 Å². The Kier molecular flexibility index (Phi) is 6.19. The average molecular weight is 407 g/mol. The largest absolute Gasteiger partial charge is 0.319 e. The van der Waals surface area contributed by atoms with E-state index in [1.54, 1.807) is 18.2 Å². The van der Waals surface area contributed by atoms with Crippen LogP contribution in [-0.4, -0.2) is 27.4 Å². The summed E-state index contributed by atoms with van der Waals surface area (Å²) in [5.41, 5.74) is 5.03.